The van der Waals surface area contributed by atoms with Crippen LogP contribution in [0.25, 0.3) is 22.1 Å². The van der Waals surface area contributed by atoms with Gasteiger partial charge in [-0.25, -0.2) is 14.8 Å². The molecule has 0 radical (unpaired) electrons. The highest BCUT2D eigenvalue weighted by Crippen LogP contribution is 2.27. The zero-order chi connectivity index (χ0) is 34.0. The van der Waals surface area contributed by atoms with Gasteiger partial charge in [0.05, 0.1) is 35.2 Å². The van der Waals surface area contributed by atoms with E-state index in [1.54, 1.807) is 18.2 Å². The zero-order valence-corrected chi connectivity index (χ0v) is 29.6. The summed E-state index contributed by atoms with van der Waals surface area (Å²) in [5.41, 5.74) is 12.3. The van der Waals surface area contributed by atoms with E-state index in [1.165, 1.54) is 0 Å². The summed E-state index contributed by atoms with van der Waals surface area (Å²) >= 11 is 24.5. The van der Waals surface area contributed by atoms with Crippen LogP contribution in [0, 0.1) is 13.8 Å². The van der Waals surface area contributed by atoms with Crippen molar-refractivity contribution in [3.63, 3.8) is 0 Å². The molecular formula is C35H34Cl4N6O2. The minimum Gasteiger partial charge on any atom is -0.444 e. The number of aromatic nitrogens is 4. The number of halogens is 4. The third-order valence-corrected chi connectivity index (χ3v) is 8.41. The maximum atomic E-state index is 12.0. The number of imidazole rings is 2. The Hall–Kier alpha value is -3.95. The van der Waals surface area contributed by atoms with Gasteiger partial charge in [-0.3, -0.25) is 5.32 Å². The number of nitrogens with two attached hydrogens (primary N) is 1. The lowest BCUT2D eigenvalue weighted by Gasteiger charge is -2.19. The van der Waals surface area contributed by atoms with Crippen molar-refractivity contribution in [2.75, 3.05) is 11.1 Å². The van der Waals surface area contributed by atoms with Gasteiger partial charge < -0.3 is 19.6 Å². The van der Waals surface area contributed by atoms with Crippen LogP contribution in [-0.4, -0.2) is 30.8 Å². The van der Waals surface area contributed by atoms with E-state index in [1.807, 2.05) is 93.8 Å². The van der Waals surface area contributed by atoms with E-state index in [2.05, 4.69) is 19.9 Å². The number of hydrogen-bond donors (Lipinski definition) is 2. The molecule has 12 heteroatoms. The van der Waals surface area contributed by atoms with Crippen molar-refractivity contribution < 1.29 is 9.53 Å². The van der Waals surface area contributed by atoms with Crippen molar-refractivity contribution >= 4 is 85.9 Å². The summed E-state index contributed by atoms with van der Waals surface area (Å²) in [5, 5.41) is 5.25. The van der Waals surface area contributed by atoms with Crippen molar-refractivity contribution in [2.45, 2.75) is 53.3 Å². The van der Waals surface area contributed by atoms with E-state index in [0.717, 1.165) is 50.5 Å². The summed E-state index contributed by atoms with van der Waals surface area (Å²) in [5.74, 6) is 1.78. The van der Waals surface area contributed by atoms with Gasteiger partial charge in [-0.1, -0.05) is 58.5 Å². The van der Waals surface area contributed by atoms with E-state index < -0.39 is 11.7 Å². The number of aryl methyl sites for hydroxylation is 2. The number of anilines is 2. The first-order valence-corrected chi connectivity index (χ1v) is 16.2. The maximum absolute atomic E-state index is 12.0. The molecule has 0 fully saturated rings. The minimum absolute atomic E-state index is 0.495. The molecular weight excluding hydrogens is 678 g/mol. The van der Waals surface area contributed by atoms with Gasteiger partial charge in [0.25, 0.3) is 0 Å². The topological polar surface area (TPSA) is 100.0 Å². The first kappa shape index (κ1) is 34.4. The van der Waals surface area contributed by atoms with Crippen LogP contribution in [0.4, 0.5) is 16.2 Å². The Morgan fingerprint density at radius 1 is 0.745 bits per heavy atom. The van der Waals surface area contributed by atoms with Gasteiger partial charge in [-0.2, -0.15) is 0 Å². The van der Waals surface area contributed by atoms with Crippen LogP contribution in [0.2, 0.25) is 20.1 Å². The highest BCUT2D eigenvalue weighted by Gasteiger charge is 2.17. The van der Waals surface area contributed by atoms with Crippen LogP contribution in [0.15, 0.2) is 72.8 Å². The molecule has 0 aliphatic carbocycles. The number of carbonyl (C=O) groups excluding carboxylic acids is 1. The molecule has 2 aromatic heterocycles. The van der Waals surface area contributed by atoms with Crippen LogP contribution in [0.3, 0.4) is 0 Å². The second-order valence-corrected chi connectivity index (χ2v) is 13.7. The van der Waals surface area contributed by atoms with Crippen molar-refractivity contribution in [1.29, 1.82) is 0 Å². The normalized spacial score (nSPS) is 11.4. The van der Waals surface area contributed by atoms with E-state index in [4.69, 9.17) is 56.9 Å². The molecule has 2 heterocycles. The smallest absolute Gasteiger partial charge is 0.412 e. The first-order valence-electron chi connectivity index (χ1n) is 14.7. The molecule has 244 valence electrons. The molecule has 1 amide bonds. The highest BCUT2D eigenvalue weighted by atomic mass is 35.5. The van der Waals surface area contributed by atoms with Crippen molar-refractivity contribution in [3.8, 4) is 0 Å². The first-order chi connectivity index (χ1) is 22.2. The third-order valence-electron chi connectivity index (χ3n) is 7.23. The predicted octanol–water partition coefficient (Wildman–Crippen LogP) is 10.3. The van der Waals surface area contributed by atoms with Crippen LogP contribution in [0.5, 0.6) is 0 Å². The van der Waals surface area contributed by atoms with E-state index in [0.29, 0.717) is 38.9 Å². The second-order valence-electron chi connectivity index (χ2n) is 12.0. The predicted molar refractivity (Wildman–Crippen MR) is 194 cm³/mol. The Morgan fingerprint density at radius 3 is 1.72 bits per heavy atom. The number of ether oxygens (including phenoxy) is 1. The summed E-state index contributed by atoms with van der Waals surface area (Å²) in [7, 11) is 0. The fourth-order valence-corrected chi connectivity index (χ4v) is 5.98. The van der Waals surface area contributed by atoms with Crippen molar-refractivity contribution in [3.05, 3.63) is 116 Å². The van der Waals surface area contributed by atoms with Gasteiger partial charge in [0.15, 0.2) is 0 Å². The Labute approximate surface area is 293 Å². The largest absolute Gasteiger partial charge is 0.444 e. The Balaban J connectivity index is 0.000000193. The fraction of sp³-hybridized carbons (Fsp3) is 0.229. The monoisotopic (exact) mass is 710 g/mol. The summed E-state index contributed by atoms with van der Waals surface area (Å²) < 4.78 is 9.45. The standard InChI is InChI=1S/C20H21Cl2N3O2.C15H13Cl2N3/c1-12-23-17-8-7-15(24-19(26)27-20(2,3)4)10-18(17)25(12)11-13-5-6-14(21)9-16(13)22;1-9-19-14-5-4-12(18)7-15(14)20(9)8-10-2-3-11(16)6-13(10)17/h5-10H,11H2,1-4H3,(H,24,26);2-7H,8,18H2,1H3. The average molecular weight is 713 g/mol. The van der Waals surface area contributed by atoms with Crippen molar-refractivity contribution in [2.24, 2.45) is 0 Å². The highest BCUT2D eigenvalue weighted by molar-refractivity contribution is 6.35. The van der Waals surface area contributed by atoms with Crippen molar-refractivity contribution in [1.82, 2.24) is 19.1 Å². The number of nitrogens with zero attached hydrogens (tertiary/aromatic N) is 4. The molecule has 47 heavy (non-hydrogen) atoms. The number of fused-ring (bicyclic) bond motifs is 2. The van der Waals surface area contributed by atoms with Gasteiger partial charge in [0.2, 0.25) is 0 Å². The van der Waals surface area contributed by atoms with E-state index >= 15 is 0 Å². The number of nitrogens with one attached hydrogen (secondary N) is 1. The lowest BCUT2D eigenvalue weighted by molar-refractivity contribution is 0.0636. The average Bonchev–Trinajstić information content (AvgIpc) is 3.45. The molecule has 0 unspecified atom stereocenters. The van der Waals surface area contributed by atoms with Crippen LogP contribution in [-0.2, 0) is 17.8 Å². The van der Waals surface area contributed by atoms with Crippen LogP contribution in [0.1, 0.15) is 43.5 Å². The van der Waals surface area contributed by atoms with Gasteiger partial charge in [-0.05, 0) is 106 Å². The number of rotatable bonds is 5. The molecule has 4 aromatic carbocycles. The maximum Gasteiger partial charge on any atom is 0.412 e. The van der Waals surface area contributed by atoms with Crippen LogP contribution < -0.4 is 11.1 Å². The Bertz CT molecular complexity index is 2100. The van der Waals surface area contributed by atoms with E-state index in [-0.39, 0.29) is 0 Å². The second kappa shape index (κ2) is 14.0. The van der Waals surface area contributed by atoms with Gasteiger partial charge in [0, 0.05) is 31.5 Å². The molecule has 0 atom stereocenters. The molecule has 0 aliphatic rings. The lowest BCUT2D eigenvalue weighted by Crippen LogP contribution is -2.27. The Morgan fingerprint density at radius 2 is 1.23 bits per heavy atom. The van der Waals surface area contributed by atoms with E-state index in [9.17, 15) is 4.79 Å². The number of nitrogen functional groups attached to an aromatic ring is 1. The molecule has 3 N–H and O–H groups in total. The van der Waals surface area contributed by atoms with Gasteiger partial charge in [-0.15, -0.1) is 0 Å². The lowest BCUT2D eigenvalue weighted by atomic mass is 10.2. The van der Waals surface area contributed by atoms with Gasteiger partial charge in [0.1, 0.15) is 17.2 Å². The molecule has 0 saturated carbocycles. The molecule has 0 bridgehead atoms. The number of carbonyl (C=O) groups is 1. The summed E-state index contributed by atoms with van der Waals surface area (Å²) in [6.45, 7) is 10.6. The minimum atomic E-state index is -0.558. The number of hydrogen-bond acceptors (Lipinski definition) is 5. The molecule has 0 aliphatic heterocycles. The summed E-state index contributed by atoms with van der Waals surface area (Å²) in [4.78, 5) is 21.2. The molecule has 6 rings (SSSR count). The van der Waals surface area contributed by atoms with Crippen LogP contribution >= 0.6 is 46.4 Å². The summed E-state index contributed by atoms with van der Waals surface area (Å²) in [6.07, 6.45) is -0.495. The Kier molecular flexibility index (Phi) is 10.3. The van der Waals surface area contributed by atoms with Gasteiger partial charge >= 0.3 is 6.09 Å². The zero-order valence-electron chi connectivity index (χ0n) is 26.5. The fourth-order valence-electron chi connectivity index (χ4n) is 5.04. The SMILES string of the molecule is Cc1nc2ccc(N)cc2n1Cc1ccc(Cl)cc1Cl.Cc1nc2ccc(NC(=O)OC(C)(C)C)cc2n1Cc1ccc(Cl)cc1Cl. The summed E-state index contributed by atoms with van der Waals surface area (Å²) in [6, 6.07) is 22.2. The number of benzene rings is 4. The molecule has 0 spiro atoms. The quantitative estimate of drug-likeness (QED) is 0.173. The molecule has 6 aromatic rings. The molecule has 8 nitrogen and oxygen atoms in total. The number of amides is 1. The third kappa shape index (κ3) is 8.51. The molecule has 0 saturated heterocycles.